The number of imidazole rings is 1. The number of halogens is 2. The van der Waals surface area contributed by atoms with Crippen molar-refractivity contribution in [3.63, 3.8) is 0 Å². The van der Waals surface area contributed by atoms with Gasteiger partial charge in [-0.2, -0.15) is 0 Å². The maximum Gasteiger partial charge on any atom is 0.356 e. The number of carbonyl (C=O) groups excluding carboxylic acids is 1. The van der Waals surface area contributed by atoms with Crippen molar-refractivity contribution in [3.05, 3.63) is 30.2 Å². The second-order valence-corrected chi connectivity index (χ2v) is 7.09. The molecule has 1 saturated heterocycles. The molecule has 6 nitrogen and oxygen atoms in total. The molecule has 0 atom stereocenters. The van der Waals surface area contributed by atoms with E-state index in [4.69, 9.17) is 4.74 Å². The molecule has 0 unspecified atom stereocenters. The van der Waals surface area contributed by atoms with Crippen LogP contribution in [0.1, 0.15) is 30.3 Å². The van der Waals surface area contributed by atoms with Crippen molar-refractivity contribution >= 4 is 17.3 Å². The second-order valence-electron chi connectivity index (χ2n) is 7.09. The van der Waals surface area contributed by atoms with Crippen LogP contribution in [0, 0.1) is 5.41 Å². The van der Waals surface area contributed by atoms with Crippen LogP contribution in [-0.2, 0) is 4.74 Å². The zero-order valence-electron chi connectivity index (χ0n) is 13.8. The zero-order valence-corrected chi connectivity index (χ0v) is 13.8. The van der Waals surface area contributed by atoms with Crippen LogP contribution in [0.2, 0.25) is 0 Å². The molecular formula is C17H19F2N3O3. The first-order valence-corrected chi connectivity index (χ1v) is 8.26. The zero-order chi connectivity index (χ0) is 17.8. The summed E-state index contributed by atoms with van der Waals surface area (Å²) in [6, 6.07) is 3.70. The number of anilines is 1. The number of fused-ring (bicyclic) bond motifs is 1. The van der Waals surface area contributed by atoms with Gasteiger partial charge in [-0.05, 0) is 31.9 Å². The van der Waals surface area contributed by atoms with E-state index >= 15 is 0 Å². The SMILES string of the molecule is CCOC(=O)c1cnc2ccc(N3CC4(C3)CC(O)(C(F)F)C4)cn12. The van der Waals surface area contributed by atoms with Crippen molar-refractivity contribution in [1.29, 1.82) is 0 Å². The van der Waals surface area contributed by atoms with Gasteiger partial charge in [-0.15, -0.1) is 0 Å². The molecule has 4 rings (SSSR count). The third kappa shape index (κ3) is 2.47. The van der Waals surface area contributed by atoms with E-state index in [1.165, 1.54) is 6.20 Å². The van der Waals surface area contributed by atoms with Crippen molar-refractivity contribution in [2.45, 2.75) is 31.8 Å². The summed E-state index contributed by atoms with van der Waals surface area (Å²) in [4.78, 5) is 18.2. The van der Waals surface area contributed by atoms with Gasteiger partial charge in [-0.1, -0.05) is 0 Å². The lowest BCUT2D eigenvalue weighted by Gasteiger charge is -2.62. The molecule has 0 aromatic carbocycles. The molecule has 1 N–H and O–H groups in total. The number of rotatable bonds is 4. The van der Waals surface area contributed by atoms with Crippen molar-refractivity contribution < 1.29 is 23.4 Å². The number of nitrogens with zero attached hydrogens (tertiary/aromatic N) is 3. The van der Waals surface area contributed by atoms with Crippen LogP contribution >= 0.6 is 0 Å². The van der Waals surface area contributed by atoms with E-state index < -0.39 is 18.0 Å². The minimum absolute atomic E-state index is 0.134. The molecule has 2 aromatic heterocycles. The Bertz CT molecular complexity index is 822. The van der Waals surface area contributed by atoms with Gasteiger partial charge in [0.2, 0.25) is 0 Å². The number of esters is 1. The Morgan fingerprint density at radius 1 is 1.40 bits per heavy atom. The summed E-state index contributed by atoms with van der Waals surface area (Å²) >= 11 is 0. The molecule has 2 aromatic rings. The predicted molar refractivity (Wildman–Crippen MR) is 86.0 cm³/mol. The summed E-state index contributed by atoms with van der Waals surface area (Å²) in [5.41, 5.74) is -0.173. The largest absolute Gasteiger partial charge is 0.461 e. The number of aliphatic hydroxyl groups is 1. The number of hydrogen-bond acceptors (Lipinski definition) is 5. The van der Waals surface area contributed by atoms with Crippen molar-refractivity contribution in [2.24, 2.45) is 5.41 Å². The van der Waals surface area contributed by atoms with Gasteiger partial charge in [0.15, 0.2) is 5.69 Å². The highest BCUT2D eigenvalue weighted by Crippen LogP contribution is 2.56. The van der Waals surface area contributed by atoms with Crippen LogP contribution < -0.4 is 4.90 Å². The highest BCUT2D eigenvalue weighted by atomic mass is 19.3. The number of ether oxygens (including phenoxy) is 1. The minimum atomic E-state index is -2.69. The van der Waals surface area contributed by atoms with Gasteiger partial charge < -0.3 is 14.7 Å². The molecule has 0 amide bonds. The smallest absolute Gasteiger partial charge is 0.356 e. The average Bonchev–Trinajstić information content (AvgIpc) is 2.92. The van der Waals surface area contributed by atoms with Crippen LogP contribution in [0.3, 0.4) is 0 Å². The highest BCUT2D eigenvalue weighted by molar-refractivity contribution is 5.88. The van der Waals surface area contributed by atoms with Gasteiger partial charge in [-0.3, -0.25) is 4.40 Å². The van der Waals surface area contributed by atoms with E-state index in [9.17, 15) is 18.7 Å². The monoisotopic (exact) mass is 351 g/mol. The minimum Gasteiger partial charge on any atom is -0.461 e. The molecule has 0 radical (unpaired) electrons. The molecule has 2 aliphatic rings. The van der Waals surface area contributed by atoms with Gasteiger partial charge in [0, 0.05) is 24.7 Å². The lowest BCUT2D eigenvalue weighted by molar-refractivity contribution is -0.209. The lowest BCUT2D eigenvalue weighted by atomic mass is 9.55. The lowest BCUT2D eigenvalue weighted by Crippen LogP contribution is -2.70. The first-order chi connectivity index (χ1) is 11.9. The average molecular weight is 351 g/mol. The molecule has 0 bridgehead atoms. The number of hydrogen-bond donors (Lipinski definition) is 1. The first-order valence-electron chi connectivity index (χ1n) is 8.26. The third-order valence-corrected chi connectivity index (χ3v) is 5.16. The van der Waals surface area contributed by atoms with E-state index in [1.54, 1.807) is 23.6 Å². The van der Waals surface area contributed by atoms with Crippen LogP contribution in [-0.4, -0.2) is 52.2 Å². The van der Waals surface area contributed by atoms with Gasteiger partial charge >= 0.3 is 5.97 Å². The summed E-state index contributed by atoms with van der Waals surface area (Å²) in [6.45, 7) is 3.27. The molecule has 1 aliphatic heterocycles. The first kappa shape index (κ1) is 16.3. The van der Waals surface area contributed by atoms with Gasteiger partial charge in [0.1, 0.15) is 11.2 Å². The highest BCUT2D eigenvalue weighted by Gasteiger charge is 2.63. The second kappa shape index (κ2) is 5.39. The molecule has 8 heteroatoms. The fraction of sp³-hybridized carbons (Fsp3) is 0.529. The van der Waals surface area contributed by atoms with Gasteiger partial charge in [-0.25, -0.2) is 18.6 Å². The van der Waals surface area contributed by atoms with Crippen LogP contribution in [0.15, 0.2) is 24.5 Å². The normalized spacial score (nSPS) is 20.6. The van der Waals surface area contributed by atoms with E-state index in [-0.39, 0.29) is 24.9 Å². The Kier molecular flexibility index (Phi) is 3.50. The van der Waals surface area contributed by atoms with Crippen LogP contribution in [0.5, 0.6) is 0 Å². The molecule has 134 valence electrons. The maximum atomic E-state index is 12.8. The predicted octanol–water partition coefficient (Wildman–Crippen LogP) is 2.11. The molecule has 1 aliphatic carbocycles. The molecular weight excluding hydrogens is 332 g/mol. The van der Waals surface area contributed by atoms with Crippen molar-refractivity contribution in [3.8, 4) is 0 Å². The van der Waals surface area contributed by atoms with Gasteiger partial charge in [0.25, 0.3) is 6.43 Å². The van der Waals surface area contributed by atoms with E-state index in [0.29, 0.717) is 24.4 Å². The Morgan fingerprint density at radius 2 is 2.12 bits per heavy atom. The summed E-state index contributed by atoms with van der Waals surface area (Å²) in [7, 11) is 0. The number of pyridine rings is 1. The molecule has 1 spiro atoms. The third-order valence-electron chi connectivity index (χ3n) is 5.16. The summed E-state index contributed by atoms with van der Waals surface area (Å²) < 4.78 is 32.3. The van der Waals surface area contributed by atoms with Crippen molar-refractivity contribution in [2.75, 3.05) is 24.6 Å². The number of carbonyl (C=O) groups is 1. The number of alkyl halides is 2. The van der Waals surface area contributed by atoms with E-state index in [0.717, 1.165) is 5.69 Å². The summed E-state index contributed by atoms with van der Waals surface area (Å²) in [5.74, 6) is -0.437. The Hall–Kier alpha value is -2.22. The van der Waals surface area contributed by atoms with Crippen molar-refractivity contribution in [1.82, 2.24) is 9.38 Å². The van der Waals surface area contributed by atoms with Gasteiger partial charge in [0.05, 0.1) is 18.5 Å². The Balaban J connectivity index is 1.50. The Morgan fingerprint density at radius 3 is 2.76 bits per heavy atom. The van der Waals surface area contributed by atoms with E-state index in [1.807, 2.05) is 6.07 Å². The quantitative estimate of drug-likeness (QED) is 0.855. The molecule has 25 heavy (non-hydrogen) atoms. The van der Waals surface area contributed by atoms with Crippen LogP contribution in [0.25, 0.3) is 5.65 Å². The Labute approximate surface area is 143 Å². The summed E-state index contributed by atoms with van der Waals surface area (Å²) in [6.07, 6.45) is 0.857. The standard InChI is InChI=1S/C17H19F2N3O3/c1-2-25-14(23)12-5-20-13-4-3-11(6-22(12)13)21-9-16(10-21)7-17(24,8-16)15(18)19/h3-6,15,24H,2,7-10H2,1H3. The molecule has 1 saturated carbocycles. The number of aromatic nitrogens is 2. The molecule has 2 fully saturated rings. The summed E-state index contributed by atoms with van der Waals surface area (Å²) in [5, 5.41) is 9.77. The fourth-order valence-electron chi connectivity index (χ4n) is 4.08. The molecule has 3 heterocycles. The van der Waals surface area contributed by atoms with E-state index in [2.05, 4.69) is 9.88 Å². The maximum absolute atomic E-state index is 12.8. The topological polar surface area (TPSA) is 67.1 Å². The van der Waals surface area contributed by atoms with Crippen LogP contribution in [0.4, 0.5) is 14.5 Å². The fourth-order valence-corrected chi connectivity index (χ4v) is 4.08.